The van der Waals surface area contributed by atoms with Crippen LogP contribution in [0, 0.1) is 0 Å². The van der Waals surface area contributed by atoms with Crippen molar-refractivity contribution in [2.24, 2.45) is 5.73 Å². The summed E-state index contributed by atoms with van der Waals surface area (Å²) in [5, 5.41) is 0. The molecule has 0 saturated carbocycles. The van der Waals surface area contributed by atoms with Crippen molar-refractivity contribution < 1.29 is 9.53 Å². The molecule has 2 aliphatic rings. The van der Waals surface area contributed by atoms with E-state index in [1.165, 1.54) is 11.3 Å². The highest BCUT2D eigenvalue weighted by Crippen LogP contribution is 2.30. The highest BCUT2D eigenvalue weighted by molar-refractivity contribution is 5.82. The minimum absolute atomic E-state index is 0.0549. The number of nitrogens with two attached hydrogens (primary N) is 1. The molecule has 2 N–H and O–H groups in total. The van der Waals surface area contributed by atoms with Crippen LogP contribution in [0.15, 0.2) is 18.2 Å². The molecule has 3 rings (SSSR count). The summed E-state index contributed by atoms with van der Waals surface area (Å²) in [5.41, 5.74) is 9.58. The summed E-state index contributed by atoms with van der Waals surface area (Å²) in [7, 11) is 0. The number of ether oxygens (including phenoxy) is 1. The molecule has 21 heavy (non-hydrogen) atoms. The van der Waals surface area contributed by atoms with Crippen LogP contribution in [0.2, 0.25) is 0 Å². The van der Waals surface area contributed by atoms with Crippen molar-refractivity contribution in [2.75, 3.05) is 44.3 Å². The molecule has 0 spiro atoms. The molecule has 0 radical (unpaired) electrons. The lowest BCUT2D eigenvalue weighted by Crippen LogP contribution is -2.45. The second kappa shape index (κ2) is 6.03. The molecule has 1 fully saturated rings. The number of rotatable bonds is 3. The lowest BCUT2D eigenvalue weighted by atomic mass is 10.0. The normalized spacial score (nSPS) is 19.5. The predicted molar refractivity (Wildman–Crippen MR) is 82.4 cm³/mol. The molecular weight excluding hydrogens is 266 g/mol. The Kier molecular flexibility index (Phi) is 4.12. The van der Waals surface area contributed by atoms with Crippen LogP contribution >= 0.6 is 0 Å². The lowest BCUT2D eigenvalue weighted by molar-refractivity contribution is -0.133. The van der Waals surface area contributed by atoms with Crippen molar-refractivity contribution in [3.05, 3.63) is 29.3 Å². The van der Waals surface area contributed by atoms with Crippen LogP contribution in [0.1, 0.15) is 24.1 Å². The van der Waals surface area contributed by atoms with Crippen LogP contribution < -0.4 is 10.6 Å². The number of fused-ring (bicyclic) bond motifs is 1. The van der Waals surface area contributed by atoms with Crippen molar-refractivity contribution in [2.45, 2.75) is 19.4 Å². The van der Waals surface area contributed by atoms with Crippen LogP contribution in [0.3, 0.4) is 0 Å². The Hall–Kier alpha value is -1.59. The monoisotopic (exact) mass is 289 g/mol. The molecule has 1 amide bonds. The summed E-state index contributed by atoms with van der Waals surface area (Å²) in [6.07, 6.45) is 0.992. The van der Waals surface area contributed by atoms with Gasteiger partial charge in [-0.25, -0.2) is 0 Å². The smallest absolute Gasteiger partial charge is 0.242 e. The van der Waals surface area contributed by atoms with Crippen molar-refractivity contribution in [3.63, 3.8) is 0 Å². The number of anilines is 1. The number of morpholine rings is 1. The number of amides is 1. The van der Waals surface area contributed by atoms with Crippen molar-refractivity contribution >= 4 is 11.6 Å². The van der Waals surface area contributed by atoms with E-state index in [4.69, 9.17) is 10.5 Å². The zero-order chi connectivity index (χ0) is 14.8. The van der Waals surface area contributed by atoms with Crippen LogP contribution in [0.4, 0.5) is 5.69 Å². The molecule has 0 aliphatic carbocycles. The van der Waals surface area contributed by atoms with Crippen LogP contribution in [0.5, 0.6) is 0 Å². The lowest BCUT2D eigenvalue weighted by Gasteiger charge is -2.29. The van der Waals surface area contributed by atoms with Gasteiger partial charge in [0.2, 0.25) is 5.91 Å². The first-order valence-electron chi connectivity index (χ1n) is 7.64. The van der Waals surface area contributed by atoms with Gasteiger partial charge < -0.3 is 20.3 Å². The zero-order valence-corrected chi connectivity index (χ0v) is 12.5. The van der Waals surface area contributed by atoms with Crippen LogP contribution in [-0.4, -0.2) is 50.2 Å². The fourth-order valence-electron chi connectivity index (χ4n) is 3.01. The third-order valence-electron chi connectivity index (χ3n) is 4.31. The summed E-state index contributed by atoms with van der Waals surface area (Å²) in [4.78, 5) is 16.4. The summed E-state index contributed by atoms with van der Waals surface area (Å²) >= 11 is 0. The molecule has 114 valence electrons. The first kappa shape index (κ1) is 14.4. The number of carbonyl (C=O) groups excluding carboxylic acids is 1. The Morgan fingerprint density at radius 2 is 2.10 bits per heavy atom. The largest absolute Gasteiger partial charge is 0.378 e. The van der Waals surface area contributed by atoms with Gasteiger partial charge in [-0.15, -0.1) is 0 Å². The zero-order valence-electron chi connectivity index (χ0n) is 12.5. The molecule has 1 saturated heterocycles. The number of hydrogen-bond donors (Lipinski definition) is 1. The fraction of sp³-hybridized carbons (Fsp3) is 0.562. The molecule has 1 unspecified atom stereocenters. The Morgan fingerprint density at radius 1 is 1.33 bits per heavy atom. The molecule has 2 heterocycles. The van der Waals surface area contributed by atoms with E-state index >= 15 is 0 Å². The highest BCUT2D eigenvalue weighted by atomic mass is 16.5. The maximum Gasteiger partial charge on any atom is 0.242 e. The molecule has 0 aromatic heterocycles. The Labute approximate surface area is 125 Å². The third-order valence-corrected chi connectivity index (χ3v) is 4.31. The molecule has 1 aromatic carbocycles. The van der Waals surface area contributed by atoms with Gasteiger partial charge in [0.05, 0.1) is 19.8 Å². The summed E-state index contributed by atoms with van der Waals surface area (Å²) in [6.45, 7) is 6.10. The third kappa shape index (κ3) is 3.04. The van der Waals surface area contributed by atoms with E-state index in [1.54, 1.807) is 0 Å². The van der Waals surface area contributed by atoms with E-state index in [0.717, 1.165) is 18.5 Å². The van der Waals surface area contributed by atoms with E-state index in [2.05, 4.69) is 23.1 Å². The Balaban J connectivity index is 1.68. The molecule has 5 nitrogen and oxygen atoms in total. The number of nitrogens with zero attached hydrogens (tertiary/aromatic N) is 2. The average Bonchev–Trinajstić information content (AvgIpc) is 2.90. The Bertz CT molecular complexity index is 524. The first-order valence-corrected chi connectivity index (χ1v) is 7.64. The van der Waals surface area contributed by atoms with E-state index in [-0.39, 0.29) is 11.9 Å². The van der Waals surface area contributed by atoms with Crippen molar-refractivity contribution in [1.82, 2.24) is 4.90 Å². The molecule has 1 aromatic rings. The minimum atomic E-state index is 0.0549. The van der Waals surface area contributed by atoms with Gasteiger partial charge in [0.1, 0.15) is 0 Å². The summed E-state index contributed by atoms with van der Waals surface area (Å²) < 4.78 is 5.29. The van der Waals surface area contributed by atoms with E-state index < -0.39 is 0 Å². The SMILES string of the molecule is CC(N)c1ccc2c(c1)CCN2CC(=O)N1CCOCC1. The van der Waals surface area contributed by atoms with Gasteiger partial charge in [0.25, 0.3) is 0 Å². The Morgan fingerprint density at radius 3 is 2.81 bits per heavy atom. The first-order chi connectivity index (χ1) is 10.1. The number of benzene rings is 1. The van der Waals surface area contributed by atoms with Gasteiger partial charge in [-0.1, -0.05) is 12.1 Å². The van der Waals surface area contributed by atoms with Gasteiger partial charge in [-0.05, 0) is 30.5 Å². The second-order valence-electron chi connectivity index (χ2n) is 5.84. The van der Waals surface area contributed by atoms with E-state index in [0.29, 0.717) is 32.8 Å². The van der Waals surface area contributed by atoms with Gasteiger partial charge in [-0.3, -0.25) is 4.79 Å². The fourth-order valence-corrected chi connectivity index (χ4v) is 3.01. The van der Waals surface area contributed by atoms with Gasteiger partial charge in [0, 0.05) is 31.4 Å². The van der Waals surface area contributed by atoms with E-state index in [9.17, 15) is 4.79 Å². The van der Waals surface area contributed by atoms with E-state index in [1.807, 2.05) is 11.8 Å². The van der Waals surface area contributed by atoms with Crippen molar-refractivity contribution in [3.8, 4) is 0 Å². The molecule has 1 atom stereocenters. The molecular formula is C16H23N3O2. The van der Waals surface area contributed by atoms with Crippen LogP contribution in [0.25, 0.3) is 0 Å². The maximum atomic E-state index is 12.3. The average molecular weight is 289 g/mol. The standard InChI is InChI=1S/C16H23N3O2/c1-12(17)13-2-3-15-14(10-13)4-5-19(15)11-16(20)18-6-8-21-9-7-18/h2-3,10,12H,4-9,11,17H2,1H3. The second-order valence-corrected chi connectivity index (χ2v) is 5.84. The quantitative estimate of drug-likeness (QED) is 0.899. The van der Waals surface area contributed by atoms with Crippen LogP contribution in [-0.2, 0) is 16.0 Å². The van der Waals surface area contributed by atoms with Crippen molar-refractivity contribution in [1.29, 1.82) is 0 Å². The summed E-state index contributed by atoms with van der Waals surface area (Å²) in [6, 6.07) is 6.41. The summed E-state index contributed by atoms with van der Waals surface area (Å²) in [5.74, 6) is 0.197. The minimum Gasteiger partial charge on any atom is -0.378 e. The molecule has 0 bridgehead atoms. The molecule has 5 heteroatoms. The van der Waals surface area contributed by atoms with Gasteiger partial charge in [0.15, 0.2) is 0 Å². The highest BCUT2D eigenvalue weighted by Gasteiger charge is 2.24. The van der Waals surface area contributed by atoms with Gasteiger partial charge in [-0.2, -0.15) is 0 Å². The topological polar surface area (TPSA) is 58.8 Å². The molecule has 2 aliphatic heterocycles. The number of carbonyl (C=O) groups is 1. The maximum absolute atomic E-state index is 12.3. The number of hydrogen-bond acceptors (Lipinski definition) is 4. The van der Waals surface area contributed by atoms with Gasteiger partial charge >= 0.3 is 0 Å². The predicted octanol–water partition coefficient (Wildman–Crippen LogP) is 0.928.